The van der Waals surface area contributed by atoms with Crippen LogP contribution in [0.5, 0.6) is 0 Å². The van der Waals surface area contributed by atoms with Gasteiger partial charge in [-0.05, 0) is 31.3 Å². The van der Waals surface area contributed by atoms with Crippen LogP contribution in [0.4, 0.5) is 10.5 Å². The van der Waals surface area contributed by atoms with Gasteiger partial charge in [-0.25, -0.2) is 4.79 Å². The number of ether oxygens (including phenoxy) is 1. The van der Waals surface area contributed by atoms with Gasteiger partial charge in [-0.3, -0.25) is 5.32 Å². The highest BCUT2D eigenvalue weighted by molar-refractivity contribution is 7.80. The Bertz CT molecular complexity index is 602. The summed E-state index contributed by atoms with van der Waals surface area (Å²) in [7, 11) is 0. The van der Waals surface area contributed by atoms with E-state index in [2.05, 4.69) is 16.0 Å². The Kier molecular flexibility index (Phi) is 8.76. The zero-order valence-corrected chi connectivity index (χ0v) is 17.3. The second-order valence-corrected chi connectivity index (χ2v) is 8.21. The highest BCUT2D eigenvalue weighted by Crippen LogP contribution is 2.34. The molecule has 0 spiro atoms. The highest BCUT2D eigenvalue weighted by atomic mass is 35.6. The molecule has 0 aliphatic carbocycles. The summed E-state index contributed by atoms with van der Waals surface area (Å²) in [5, 5.41) is 8.53. The van der Waals surface area contributed by atoms with Crippen LogP contribution in [0.2, 0.25) is 15.1 Å². The molecule has 1 atom stereocenters. The summed E-state index contributed by atoms with van der Waals surface area (Å²) in [4.78, 5) is 11.5. The Morgan fingerprint density at radius 3 is 2.21 bits per heavy atom. The molecule has 0 aromatic heterocycles. The summed E-state index contributed by atoms with van der Waals surface area (Å²) in [6.45, 7) is 1.78. The van der Waals surface area contributed by atoms with Crippen LogP contribution in [0, 0.1) is 0 Å². The normalized spacial score (nSPS) is 12.3. The van der Waals surface area contributed by atoms with E-state index in [0.717, 1.165) is 0 Å². The highest BCUT2D eigenvalue weighted by Gasteiger charge is 2.35. The Morgan fingerprint density at radius 2 is 1.75 bits per heavy atom. The lowest BCUT2D eigenvalue weighted by Gasteiger charge is -2.27. The van der Waals surface area contributed by atoms with Gasteiger partial charge in [0.05, 0.1) is 22.3 Å². The van der Waals surface area contributed by atoms with Crippen molar-refractivity contribution in [2.24, 2.45) is 0 Å². The fraction of sp³-hybridized carbons (Fsp3) is 0.333. The minimum atomic E-state index is -1.91. The molecule has 1 aromatic carbocycles. The molecule has 1 aromatic rings. The molecule has 1 rings (SSSR count). The van der Waals surface area contributed by atoms with Gasteiger partial charge in [0.2, 0.25) is 3.79 Å². The first-order valence-electron chi connectivity index (χ1n) is 6.26. The zero-order chi connectivity index (χ0) is 18.5. The largest absolute Gasteiger partial charge is 0.450 e. The molecule has 1 unspecified atom stereocenters. The zero-order valence-electron chi connectivity index (χ0n) is 11.9. The molecule has 1 amide bonds. The van der Waals surface area contributed by atoms with Gasteiger partial charge in [-0.1, -0.05) is 69.6 Å². The summed E-state index contributed by atoms with van der Waals surface area (Å²) in [5.41, 5.74) is 0.305. The topological polar surface area (TPSA) is 62.4 Å². The van der Waals surface area contributed by atoms with Crippen molar-refractivity contribution < 1.29 is 9.53 Å². The van der Waals surface area contributed by atoms with Crippen molar-refractivity contribution in [3.8, 4) is 0 Å². The smallest absolute Gasteiger partial charge is 0.408 e. The molecule has 0 heterocycles. The molecule has 5 nitrogen and oxygen atoms in total. The Morgan fingerprint density at radius 1 is 1.21 bits per heavy atom. The Balaban J connectivity index is 2.84. The van der Waals surface area contributed by atoms with Crippen molar-refractivity contribution in [2.75, 3.05) is 11.9 Å². The second kappa shape index (κ2) is 9.57. The van der Waals surface area contributed by atoms with Gasteiger partial charge in [0.1, 0.15) is 0 Å². The minimum absolute atomic E-state index is 0.00533. The molecule has 0 radical (unpaired) electrons. The van der Waals surface area contributed by atoms with Gasteiger partial charge in [0.15, 0.2) is 11.3 Å². The van der Waals surface area contributed by atoms with E-state index in [1.807, 2.05) is 0 Å². The number of thiocarbonyl (C=S) groups is 1. The number of rotatable bonds is 4. The number of carbonyl (C=O) groups is 1. The summed E-state index contributed by atoms with van der Waals surface area (Å²) >= 11 is 40.5. The number of alkyl carbamates (subject to hydrolysis) is 1. The maximum absolute atomic E-state index is 11.5. The molecule has 0 fully saturated rings. The van der Waals surface area contributed by atoms with Gasteiger partial charge in [-0.2, -0.15) is 0 Å². The van der Waals surface area contributed by atoms with E-state index >= 15 is 0 Å². The van der Waals surface area contributed by atoms with Crippen LogP contribution >= 0.6 is 81.8 Å². The molecule has 0 bridgehead atoms. The lowest BCUT2D eigenvalue weighted by Crippen LogP contribution is -2.56. The van der Waals surface area contributed by atoms with E-state index < -0.39 is 16.1 Å². The number of carbonyl (C=O) groups excluding carboxylic acids is 1. The van der Waals surface area contributed by atoms with Gasteiger partial charge in [0.25, 0.3) is 0 Å². The number of hydrogen-bond acceptors (Lipinski definition) is 3. The Labute approximate surface area is 174 Å². The standard InChI is InChI=1S/C12H11Cl6N3O2S/c1-2-23-11(22)21-9(12(16,17)18)20-10(24)19-8-6(14)3-5(13)4-7(8)15/h3-4,9H,2H2,1H3,(H,21,22)(H2,19,20,24). The van der Waals surface area contributed by atoms with Crippen LogP contribution in [-0.4, -0.2) is 27.8 Å². The predicted molar refractivity (Wildman–Crippen MR) is 105 cm³/mol. The van der Waals surface area contributed by atoms with Crippen LogP contribution in [-0.2, 0) is 4.74 Å². The third kappa shape index (κ3) is 7.04. The van der Waals surface area contributed by atoms with Crippen molar-refractivity contribution in [1.29, 1.82) is 0 Å². The van der Waals surface area contributed by atoms with Crippen molar-refractivity contribution in [1.82, 2.24) is 10.6 Å². The van der Waals surface area contributed by atoms with Crippen molar-refractivity contribution in [2.45, 2.75) is 16.9 Å². The van der Waals surface area contributed by atoms with Gasteiger partial charge >= 0.3 is 6.09 Å². The molecule has 0 aliphatic heterocycles. The monoisotopic (exact) mass is 471 g/mol. The molecule has 0 saturated heterocycles. The molecule has 0 aliphatic rings. The molecule has 134 valence electrons. The van der Waals surface area contributed by atoms with Crippen LogP contribution in [0.1, 0.15) is 6.92 Å². The van der Waals surface area contributed by atoms with Gasteiger partial charge in [-0.15, -0.1) is 0 Å². The first-order chi connectivity index (χ1) is 11.0. The first kappa shape index (κ1) is 22.0. The van der Waals surface area contributed by atoms with E-state index in [4.69, 9.17) is 86.6 Å². The summed E-state index contributed by atoms with van der Waals surface area (Å²) < 4.78 is 2.82. The number of halogens is 6. The number of anilines is 1. The molecule has 0 saturated carbocycles. The second-order valence-electron chi connectivity index (χ2n) is 4.18. The van der Waals surface area contributed by atoms with Crippen LogP contribution in [0.3, 0.4) is 0 Å². The van der Waals surface area contributed by atoms with Gasteiger partial charge < -0.3 is 15.4 Å². The Hall–Kier alpha value is -0.0800. The number of amides is 1. The maximum Gasteiger partial charge on any atom is 0.408 e. The van der Waals surface area contributed by atoms with Crippen molar-refractivity contribution in [3.05, 3.63) is 27.2 Å². The quantitative estimate of drug-likeness (QED) is 0.311. The fourth-order valence-electron chi connectivity index (χ4n) is 1.43. The third-order valence-electron chi connectivity index (χ3n) is 2.39. The van der Waals surface area contributed by atoms with Crippen molar-refractivity contribution >= 4 is 98.7 Å². The summed E-state index contributed by atoms with van der Waals surface area (Å²) in [6.07, 6.45) is -1.96. The molecule has 12 heteroatoms. The summed E-state index contributed by atoms with van der Waals surface area (Å²) in [6, 6.07) is 2.95. The number of hydrogen-bond donors (Lipinski definition) is 3. The average molecular weight is 474 g/mol. The van der Waals surface area contributed by atoms with E-state index in [1.165, 1.54) is 12.1 Å². The fourth-order valence-corrected chi connectivity index (χ4v) is 2.89. The number of nitrogens with one attached hydrogen (secondary N) is 3. The summed E-state index contributed by atoms with van der Waals surface area (Å²) in [5.74, 6) is 0. The van der Waals surface area contributed by atoms with Crippen molar-refractivity contribution in [3.63, 3.8) is 0 Å². The van der Waals surface area contributed by atoms with Gasteiger partial charge in [0, 0.05) is 5.02 Å². The van der Waals surface area contributed by atoms with Crippen LogP contribution < -0.4 is 16.0 Å². The molecule has 24 heavy (non-hydrogen) atoms. The third-order valence-corrected chi connectivity index (χ3v) is 4.07. The molecular weight excluding hydrogens is 463 g/mol. The van der Waals surface area contributed by atoms with E-state index in [9.17, 15) is 4.79 Å². The lowest BCUT2D eigenvalue weighted by molar-refractivity contribution is 0.147. The molecule has 3 N–H and O–H groups in total. The number of benzene rings is 1. The van der Waals surface area contributed by atoms with Crippen LogP contribution in [0.25, 0.3) is 0 Å². The maximum atomic E-state index is 11.5. The first-order valence-corrected chi connectivity index (χ1v) is 8.94. The molecular formula is C12H11Cl6N3O2S. The average Bonchev–Trinajstić information content (AvgIpc) is 2.41. The SMILES string of the molecule is CCOC(=O)NC(NC(=S)Nc1c(Cl)cc(Cl)cc1Cl)C(Cl)(Cl)Cl. The van der Waals surface area contributed by atoms with E-state index in [1.54, 1.807) is 6.92 Å². The van der Waals surface area contributed by atoms with E-state index in [-0.39, 0.29) is 21.8 Å². The van der Waals surface area contributed by atoms with Crippen LogP contribution in [0.15, 0.2) is 12.1 Å². The lowest BCUT2D eigenvalue weighted by atomic mass is 10.3. The minimum Gasteiger partial charge on any atom is -0.450 e. The predicted octanol–water partition coefficient (Wildman–Crippen LogP) is 5.38. The number of alkyl halides is 3. The van der Waals surface area contributed by atoms with E-state index in [0.29, 0.717) is 10.7 Å².